The number of para-hydroxylation sites is 1. The second-order valence-electron chi connectivity index (χ2n) is 7.31. The van der Waals surface area contributed by atoms with E-state index >= 15 is 0 Å². The number of ether oxygens (including phenoxy) is 2. The SMILES string of the molecule is CCOc1cc(/C=C2/SC(=S)N(c3ccc(Br)cc3)C2=O)ccc1OCc1ccccc1[N+](=O)[O-]. The zero-order valence-electron chi connectivity index (χ0n) is 18.5. The molecular weight excluding hydrogens is 552 g/mol. The minimum absolute atomic E-state index is 0.00474. The first-order valence-corrected chi connectivity index (χ1v) is 12.5. The molecule has 0 bridgehead atoms. The molecule has 3 aromatic carbocycles. The van der Waals surface area contributed by atoms with E-state index in [9.17, 15) is 14.9 Å². The van der Waals surface area contributed by atoms with Crippen LogP contribution in [0.15, 0.2) is 76.1 Å². The molecule has 0 radical (unpaired) electrons. The molecule has 0 atom stereocenters. The van der Waals surface area contributed by atoms with Gasteiger partial charge < -0.3 is 9.47 Å². The maximum Gasteiger partial charge on any atom is 0.276 e. The van der Waals surface area contributed by atoms with Gasteiger partial charge in [0.15, 0.2) is 15.8 Å². The van der Waals surface area contributed by atoms with Crippen LogP contribution < -0.4 is 14.4 Å². The molecule has 0 aliphatic carbocycles. The van der Waals surface area contributed by atoms with Crippen LogP contribution in [0.25, 0.3) is 6.08 Å². The van der Waals surface area contributed by atoms with Gasteiger partial charge >= 0.3 is 0 Å². The summed E-state index contributed by atoms with van der Waals surface area (Å²) in [5.74, 6) is 0.727. The predicted octanol–water partition coefficient (Wildman–Crippen LogP) is 6.74. The Labute approximate surface area is 220 Å². The lowest BCUT2D eigenvalue weighted by Crippen LogP contribution is -2.27. The van der Waals surface area contributed by atoms with Gasteiger partial charge in [-0.3, -0.25) is 19.8 Å². The highest BCUT2D eigenvalue weighted by Crippen LogP contribution is 2.38. The van der Waals surface area contributed by atoms with Crippen LogP contribution in [0.3, 0.4) is 0 Å². The van der Waals surface area contributed by atoms with Crippen molar-refractivity contribution < 1.29 is 19.2 Å². The summed E-state index contributed by atoms with van der Waals surface area (Å²) < 4.78 is 13.0. The third kappa shape index (κ3) is 5.72. The maximum atomic E-state index is 13.1. The summed E-state index contributed by atoms with van der Waals surface area (Å²) in [5, 5.41) is 11.3. The minimum atomic E-state index is -0.435. The molecule has 35 heavy (non-hydrogen) atoms. The highest BCUT2D eigenvalue weighted by atomic mass is 79.9. The molecule has 1 amide bonds. The molecule has 1 fully saturated rings. The largest absolute Gasteiger partial charge is 0.490 e. The van der Waals surface area contributed by atoms with Gasteiger partial charge in [0.2, 0.25) is 0 Å². The molecule has 0 unspecified atom stereocenters. The second kappa shape index (κ2) is 11.0. The molecule has 178 valence electrons. The Hall–Kier alpha value is -3.21. The van der Waals surface area contributed by atoms with Crippen LogP contribution in [0, 0.1) is 10.1 Å². The number of nitro groups is 1. The number of carbonyl (C=O) groups is 1. The van der Waals surface area contributed by atoms with Crippen LogP contribution >= 0.6 is 39.9 Å². The minimum Gasteiger partial charge on any atom is -0.490 e. The topological polar surface area (TPSA) is 81.9 Å². The van der Waals surface area contributed by atoms with E-state index in [2.05, 4.69) is 15.9 Å². The van der Waals surface area contributed by atoms with Crippen LogP contribution in [0.5, 0.6) is 11.5 Å². The molecule has 1 aliphatic heterocycles. The van der Waals surface area contributed by atoms with E-state index in [4.69, 9.17) is 21.7 Å². The lowest BCUT2D eigenvalue weighted by Gasteiger charge is -2.14. The first-order chi connectivity index (χ1) is 16.9. The molecule has 1 aliphatic rings. The monoisotopic (exact) mass is 570 g/mol. The van der Waals surface area contributed by atoms with E-state index < -0.39 is 4.92 Å². The van der Waals surface area contributed by atoms with Crippen molar-refractivity contribution in [3.63, 3.8) is 0 Å². The fourth-order valence-electron chi connectivity index (χ4n) is 3.40. The standard InChI is InChI=1S/C25H19BrN2O5S2/c1-2-32-22-13-16(7-12-21(22)33-15-17-5-3-4-6-20(17)28(30)31)14-23-24(29)27(25(34)35-23)19-10-8-18(26)9-11-19/h3-14H,2,15H2,1H3/b23-14+. The normalized spacial score (nSPS) is 14.5. The highest BCUT2D eigenvalue weighted by molar-refractivity contribution is 9.10. The lowest BCUT2D eigenvalue weighted by molar-refractivity contribution is -0.385. The number of nitrogens with zero attached hydrogens (tertiary/aromatic N) is 2. The summed E-state index contributed by atoms with van der Waals surface area (Å²) in [6, 6.07) is 19.1. The van der Waals surface area contributed by atoms with Crippen molar-refractivity contribution in [3.8, 4) is 11.5 Å². The summed E-state index contributed by atoms with van der Waals surface area (Å²) >= 11 is 10.1. The molecule has 1 heterocycles. The Morgan fingerprint density at radius 1 is 1.09 bits per heavy atom. The predicted molar refractivity (Wildman–Crippen MR) is 145 cm³/mol. The smallest absolute Gasteiger partial charge is 0.276 e. The number of anilines is 1. The van der Waals surface area contributed by atoms with Crippen LogP contribution in [-0.4, -0.2) is 21.8 Å². The van der Waals surface area contributed by atoms with E-state index in [1.54, 1.807) is 42.5 Å². The number of carbonyl (C=O) groups excluding carboxylic acids is 1. The van der Waals surface area contributed by atoms with Crippen molar-refractivity contribution in [3.05, 3.63) is 97.3 Å². The number of hydrogen-bond donors (Lipinski definition) is 0. The van der Waals surface area contributed by atoms with E-state index in [0.717, 1.165) is 10.0 Å². The number of thioether (sulfide) groups is 1. The molecule has 0 aromatic heterocycles. The fraction of sp³-hybridized carbons (Fsp3) is 0.120. The molecule has 0 N–H and O–H groups in total. The van der Waals surface area contributed by atoms with E-state index in [0.29, 0.717) is 38.6 Å². The number of nitro benzene ring substituents is 1. The zero-order valence-corrected chi connectivity index (χ0v) is 21.7. The average molecular weight is 571 g/mol. The van der Waals surface area contributed by atoms with Crippen molar-refractivity contribution in [2.75, 3.05) is 11.5 Å². The third-order valence-electron chi connectivity index (χ3n) is 5.02. The molecule has 4 rings (SSSR count). The van der Waals surface area contributed by atoms with Gasteiger partial charge in [-0.2, -0.15) is 0 Å². The van der Waals surface area contributed by atoms with Gasteiger partial charge in [0.25, 0.3) is 11.6 Å². The van der Waals surface area contributed by atoms with Gasteiger partial charge in [0.1, 0.15) is 6.61 Å². The van der Waals surface area contributed by atoms with Crippen molar-refractivity contribution in [2.24, 2.45) is 0 Å². The van der Waals surface area contributed by atoms with Gasteiger partial charge in [-0.1, -0.05) is 58.1 Å². The number of benzene rings is 3. The Morgan fingerprint density at radius 3 is 2.54 bits per heavy atom. The van der Waals surface area contributed by atoms with Crippen molar-refractivity contribution in [2.45, 2.75) is 13.5 Å². The molecular formula is C25H19BrN2O5S2. The van der Waals surface area contributed by atoms with Gasteiger partial charge in [0, 0.05) is 10.5 Å². The molecule has 7 nitrogen and oxygen atoms in total. The fourth-order valence-corrected chi connectivity index (χ4v) is 4.96. The Bertz CT molecular complexity index is 1330. The molecule has 0 spiro atoms. The van der Waals surface area contributed by atoms with E-state index in [-0.39, 0.29) is 18.2 Å². The van der Waals surface area contributed by atoms with E-state index in [1.165, 1.54) is 22.7 Å². The molecule has 10 heteroatoms. The summed E-state index contributed by atoms with van der Waals surface area (Å²) in [6.07, 6.45) is 1.76. The van der Waals surface area contributed by atoms with E-state index in [1.807, 2.05) is 31.2 Å². The van der Waals surface area contributed by atoms with Gasteiger partial charge in [-0.15, -0.1) is 0 Å². The van der Waals surface area contributed by atoms with Crippen LogP contribution in [0.4, 0.5) is 11.4 Å². The first-order valence-electron chi connectivity index (χ1n) is 10.5. The lowest BCUT2D eigenvalue weighted by atomic mass is 10.1. The third-order valence-corrected chi connectivity index (χ3v) is 6.85. The molecule has 1 saturated heterocycles. The van der Waals surface area contributed by atoms with Gasteiger partial charge in [0.05, 0.1) is 27.7 Å². The Morgan fingerprint density at radius 2 is 1.83 bits per heavy atom. The summed E-state index contributed by atoms with van der Waals surface area (Å²) in [6.45, 7) is 2.27. The number of halogens is 1. The van der Waals surface area contributed by atoms with Crippen LogP contribution in [0.1, 0.15) is 18.1 Å². The van der Waals surface area contributed by atoms with Crippen molar-refractivity contribution in [1.29, 1.82) is 0 Å². The summed E-state index contributed by atoms with van der Waals surface area (Å²) in [5.41, 5.74) is 1.89. The van der Waals surface area contributed by atoms with Crippen LogP contribution in [0.2, 0.25) is 0 Å². The Balaban J connectivity index is 1.56. The average Bonchev–Trinajstić information content (AvgIpc) is 3.12. The maximum absolute atomic E-state index is 13.1. The molecule has 3 aromatic rings. The van der Waals surface area contributed by atoms with Crippen molar-refractivity contribution in [1.82, 2.24) is 0 Å². The summed E-state index contributed by atoms with van der Waals surface area (Å²) in [4.78, 5) is 25.9. The van der Waals surface area contributed by atoms with Crippen molar-refractivity contribution >= 4 is 67.6 Å². The second-order valence-corrected chi connectivity index (χ2v) is 9.90. The number of rotatable bonds is 8. The number of hydrogen-bond acceptors (Lipinski definition) is 7. The first kappa shape index (κ1) is 24.9. The number of thiocarbonyl (C=S) groups is 1. The van der Waals surface area contributed by atoms with Gasteiger partial charge in [-0.25, -0.2) is 0 Å². The zero-order chi connectivity index (χ0) is 24.9. The Kier molecular flexibility index (Phi) is 7.84. The van der Waals surface area contributed by atoms with Crippen LogP contribution in [-0.2, 0) is 11.4 Å². The quantitative estimate of drug-likeness (QED) is 0.128. The van der Waals surface area contributed by atoms with Gasteiger partial charge in [-0.05, 0) is 61.0 Å². The molecule has 0 saturated carbocycles. The highest BCUT2D eigenvalue weighted by Gasteiger charge is 2.33. The number of amides is 1. The summed E-state index contributed by atoms with van der Waals surface area (Å²) in [7, 11) is 0.